The highest BCUT2D eigenvalue weighted by atomic mass is 127. The predicted molar refractivity (Wildman–Crippen MR) is 108 cm³/mol. The van der Waals surface area contributed by atoms with Gasteiger partial charge in [-0.1, -0.05) is 54.4 Å². The largest absolute Gasteiger partial charge is 0.282 e. The average Bonchev–Trinajstić information content (AvgIpc) is 2.62. The highest BCUT2D eigenvalue weighted by molar-refractivity contribution is 14.2. The molecule has 1 fully saturated rings. The first-order chi connectivity index (χ1) is 11.6. The molecule has 2 aromatic rings. The number of halogens is 1. The third-order valence-corrected chi connectivity index (χ3v) is 9.01. The zero-order valence-corrected chi connectivity index (χ0v) is 16.6. The molecule has 1 unspecified atom stereocenters. The first kappa shape index (κ1) is 17.6. The van der Waals surface area contributed by atoms with Crippen molar-refractivity contribution in [3.05, 3.63) is 65.7 Å². The second-order valence-corrected chi connectivity index (χ2v) is 11.0. The second-order valence-electron chi connectivity index (χ2n) is 5.94. The summed E-state index contributed by atoms with van der Waals surface area (Å²) in [7, 11) is -3.67. The fraction of sp³-hybridized carbons (Fsp3) is 0.316. The minimum atomic E-state index is -3.67. The Morgan fingerprint density at radius 2 is 1.75 bits per heavy atom. The molecule has 0 bridgehead atoms. The summed E-state index contributed by atoms with van der Waals surface area (Å²) in [4.78, 5) is 0.274. The van der Waals surface area contributed by atoms with E-state index >= 15 is 0 Å². The first-order valence-corrected chi connectivity index (χ1v) is 12.3. The van der Waals surface area contributed by atoms with Crippen LogP contribution in [0.25, 0.3) is 0 Å². The molecule has 1 atom stereocenters. The third-order valence-electron chi connectivity index (χ3n) is 4.04. The van der Waals surface area contributed by atoms with Gasteiger partial charge >= 0.3 is 0 Å². The minimum Gasteiger partial charge on any atom is -0.199 e. The molecule has 0 saturated carbocycles. The van der Waals surface area contributed by atoms with Crippen LogP contribution in [0.2, 0.25) is 0 Å². The number of nitrogens with zero attached hydrogens (tertiary/aromatic N) is 1. The van der Waals surface area contributed by atoms with Crippen LogP contribution in [0, 0.1) is 6.92 Å². The Morgan fingerprint density at radius 3 is 2.38 bits per heavy atom. The van der Waals surface area contributed by atoms with E-state index in [4.69, 9.17) is 0 Å². The molecule has 0 aliphatic carbocycles. The van der Waals surface area contributed by atoms with Gasteiger partial charge in [0.15, 0.2) is 0 Å². The molecule has 1 radical (unpaired) electrons. The maximum atomic E-state index is 12.8. The van der Waals surface area contributed by atoms with Crippen molar-refractivity contribution in [3.63, 3.8) is 0 Å². The van der Waals surface area contributed by atoms with Gasteiger partial charge in [-0.05, 0) is 41.9 Å². The van der Waals surface area contributed by atoms with Crippen LogP contribution in [0.15, 0.2) is 63.9 Å². The Morgan fingerprint density at radius 1 is 1.04 bits per heavy atom. The van der Waals surface area contributed by atoms with Crippen molar-refractivity contribution in [2.45, 2.75) is 35.0 Å². The van der Waals surface area contributed by atoms with E-state index in [0.29, 0.717) is 3.92 Å². The van der Waals surface area contributed by atoms with Gasteiger partial charge in [0.1, 0.15) is 0 Å². The molecule has 1 saturated heterocycles. The number of hydrogen-bond donors (Lipinski definition) is 0. The molecule has 2 aromatic carbocycles. The van der Waals surface area contributed by atoms with E-state index in [-0.39, 0.29) is 26.1 Å². The molecule has 0 amide bonds. The summed E-state index contributed by atoms with van der Waals surface area (Å²) in [5, 5.41) is 0. The summed E-state index contributed by atoms with van der Waals surface area (Å²) in [6, 6.07) is 16.7. The molecular weight excluding hydrogens is 433 g/mol. The Labute approximate surface area is 154 Å². The van der Waals surface area contributed by atoms with Gasteiger partial charge < -0.3 is 0 Å². The number of aryl methyl sites for hydroxylation is 1. The number of alkyl halides is 2. The summed E-state index contributed by atoms with van der Waals surface area (Å²) in [6.45, 7) is 1.95. The Balaban J connectivity index is 2.03. The zero-order valence-electron chi connectivity index (χ0n) is 13.7. The summed E-state index contributed by atoms with van der Waals surface area (Å²) in [5.41, 5.74) is 2.75. The van der Waals surface area contributed by atoms with Crippen LogP contribution in [0.4, 0.5) is 0 Å². The fourth-order valence-corrected chi connectivity index (χ4v) is 7.50. The minimum absolute atomic E-state index is 0.0425. The maximum absolute atomic E-state index is 12.8. The Hall–Kier alpha value is -1.21. The van der Waals surface area contributed by atoms with Crippen molar-refractivity contribution in [1.29, 1.82) is 0 Å². The predicted octanol–water partition coefficient (Wildman–Crippen LogP) is 4.70. The smallest absolute Gasteiger partial charge is 0.199 e. The molecule has 24 heavy (non-hydrogen) atoms. The van der Waals surface area contributed by atoms with Crippen molar-refractivity contribution in [2.24, 2.45) is 4.40 Å². The topological polar surface area (TPSA) is 46.5 Å². The molecule has 0 N–H and O–H groups in total. The standard InChI is InChI=1S/C19H21INO2S/c1-15-10-12-17(13-11-15)24(22,23)21-19(16-7-3-2-4-8-16)18-9-5-6-14-20-18/h2-4,7-8,10-13,18H,5-6,9,14H2,1H3. The van der Waals surface area contributed by atoms with Gasteiger partial charge in [0.25, 0.3) is 10.0 Å². The molecular formula is C19H21INO2S. The van der Waals surface area contributed by atoms with E-state index in [1.54, 1.807) is 12.1 Å². The molecule has 0 spiro atoms. The molecule has 3 nitrogen and oxygen atoms in total. The van der Waals surface area contributed by atoms with Gasteiger partial charge in [0, 0.05) is 3.92 Å². The van der Waals surface area contributed by atoms with Gasteiger partial charge in [-0.2, -0.15) is 12.8 Å². The van der Waals surface area contributed by atoms with E-state index in [2.05, 4.69) is 4.40 Å². The lowest BCUT2D eigenvalue weighted by Gasteiger charge is -2.23. The van der Waals surface area contributed by atoms with Gasteiger partial charge in [-0.3, -0.25) is 0 Å². The highest BCUT2D eigenvalue weighted by Gasteiger charge is 2.24. The molecule has 1 aliphatic heterocycles. The summed E-state index contributed by atoms with van der Waals surface area (Å²) in [5.74, 6) is 0. The van der Waals surface area contributed by atoms with E-state index in [0.717, 1.165) is 23.3 Å². The van der Waals surface area contributed by atoms with Crippen LogP contribution in [-0.2, 0) is 10.0 Å². The lowest BCUT2D eigenvalue weighted by atomic mass is 10.0. The normalized spacial score (nSPS) is 19.2. The number of hydrogen-bond acceptors (Lipinski definition) is 2. The molecule has 127 valence electrons. The van der Waals surface area contributed by atoms with Gasteiger partial charge in [0.2, 0.25) is 0 Å². The lowest BCUT2D eigenvalue weighted by molar-refractivity contribution is 0.598. The highest BCUT2D eigenvalue weighted by Crippen LogP contribution is 2.35. The number of rotatable bonds is 4. The molecule has 1 aliphatic rings. The third kappa shape index (κ3) is 4.25. The number of sulfonamides is 1. The van der Waals surface area contributed by atoms with Crippen molar-refractivity contribution in [3.8, 4) is 0 Å². The summed E-state index contributed by atoms with van der Waals surface area (Å²) in [6.07, 6.45) is 3.50. The second kappa shape index (κ2) is 7.78. The lowest BCUT2D eigenvalue weighted by Crippen LogP contribution is -2.22. The Bertz CT molecular complexity index is 808. The van der Waals surface area contributed by atoms with Crippen LogP contribution >= 0.6 is 21.2 Å². The maximum Gasteiger partial charge on any atom is 0.282 e. The summed E-state index contributed by atoms with van der Waals surface area (Å²) >= 11 is -0.0425. The van der Waals surface area contributed by atoms with Gasteiger partial charge in [0.05, 0.1) is 10.6 Å². The number of benzene rings is 2. The zero-order chi connectivity index (χ0) is 17.0. The van der Waals surface area contributed by atoms with Gasteiger partial charge in [-0.15, -0.1) is 21.2 Å². The van der Waals surface area contributed by atoms with Gasteiger partial charge in [-0.25, -0.2) is 0 Å². The summed E-state index contributed by atoms with van der Waals surface area (Å²) < 4.78 is 31.5. The van der Waals surface area contributed by atoms with Crippen LogP contribution < -0.4 is 0 Å². The van der Waals surface area contributed by atoms with Crippen molar-refractivity contribution >= 4 is 36.9 Å². The molecule has 5 heteroatoms. The van der Waals surface area contributed by atoms with Crippen LogP contribution in [0.5, 0.6) is 0 Å². The first-order valence-electron chi connectivity index (χ1n) is 8.11. The molecule has 0 aromatic heterocycles. The van der Waals surface area contributed by atoms with Crippen molar-refractivity contribution in [1.82, 2.24) is 0 Å². The van der Waals surface area contributed by atoms with Crippen LogP contribution in [-0.4, -0.2) is 22.5 Å². The monoisotopic (exact) mass is 454 g/mol. The molecule has 3 rings (SSSR count). The van der Waals surface area contributed by atoms with E-state index in [1.165, 1.54) is 17.3 Å². The SMILES string of the molecule is Cc1ccc(S(=O)(=O)N=C(c2ccccc2)C2CCCC[I]2)cc1. The van der Waals surface area contributed by atoms with Crippen molar-refractivity contribution in [2.75, 3.05) is 4.43 Å². The fourth-order valence-electron chi connectivity index (χ4n) is 2.71. The van der Waals surface area contributed by atoms with E-state index in [1.807, 2.05) is 49.4 Å². The Kier molecular flexibility index (Phi) is 5.71. The van der Waals surface area contributed by atoms with E-state index < -0.39 is 10.0 Å². The van der Waals surface area contributed by atoms with Crippen molar-refractivity contribution < 1.29 is 8.42 Å². The molecule has 1 heterocycles. The van der Waals surface area contributed by atoms with E-state index in [9.17, 15) is 8.42 Å². The quantitative estimate of drug-likeness (QED) is 0.382. The van der Waals surface area contributed by atoms with Crippen LogP contribution in [0.3, 0.4) is 0 Å². The average molecular weight is 454 g/mol. The van der Waals surface area contributed by atoms with Crippen LogP contribution in [0.1, 0.15) is 30.4 Å².